The van der Waals surface area contributed by atoms with Gasteiger partial charge in [-0.15, -0.1) is 0 Å². The third kappa shape index (κ3) is 4.18. The number of thiocarbonyl (C=S) groups is 1. The minimum absolute atomic E-state index is 0.0894. The smallest absolute Gasteiger partial charge is 0.175 e. The van der Waals surface area contributed by atoms with E-state index in [0.717, 1.165) is 12.1 Å². The lowest BCUT2D eigenvalue weighted by Gasteiger charge is -2.17. The fourth-order valence-corrected chi connectivity index (χ4v) is 2.46. The normalized spacial score (nSPS) is 11.8. The third-order valence-electron chi connectivity index (χ3n) is 3.53. The molecule has 2 aromatic rings. The average Bonchev–Trinajstić information content (AvgIpc) is 2.50. The number of nitrogens with one attached hydrogen (secondary N) is 2. The molecule has 2 N–H and O–H groups in total. The van der Waals surface area contributed by atoms with Crippen LogP contribution in [0.5, 0.6) is 0 Å². The van der Waals surface area contributed by atoms with Gasteiger partial charge in [0, 0.05) is 11.4 Å². The number of anilines is 2. The molecular formula is C17H18ClFN2S. The lowest BCUT2D eigenvalue weighted by molar-refractivity contribution is 0.629. The summed E-state index contributed by atoms with van der Waals surface area (Å²) in [6.07, 6.45) is 1.04. The van der Waals surface area contributed by atoms with Gasteiger partial charge in [0.05, 0.1) is 5.02 Å². The maximum absolute atomic E-state index is 13.4. The standard InChI is InChI=1S/C17H18ClFN2S/c1-3-11(2)13-6-4-5-7-16(13)21-17(22)20-12-8-9-14(18)15(19)10-12/h4-11H,3H2,1-2H3,(H2,20,21,22). The zero-order valence-electron chi connectivity index (χ0n) is 12.5. The van der Waals surface area contributed by atoms with Gasteiger partial charge in [-0.25, -0.2) is 4.39 Å². The van der Waals surface area contributed by atoms with Gasteiger partial charge in [-0.2, -0.15) is 0 Å². The molecule has 2 nitrogen and oxygen atoms in total. The summed E-state index contributed by atoms with van der Waals surface area (Å²) in [5.74, 6) is -0.0473. The first-order chi connectivity index (χ1) is 10.5. The second-order valence-corrected chi connectivity index (χ2v) is 5.92. The van der Waals surface area contributed by atoms with Crippen LogP contribution in [0.3, 0.4) is 0 Å². The van der Waals surface area contributed by atoms with E-state index in [0.29, 0.717) is 16.7 Å². The van der Waals surface area contributed by atoms with Crippen LogP contribution in [0, 0.1) is 5.82 Å². The molecule has 0 aliphatic carbocycles. The Kier molecular flexibility index (Phi) is 5.75. The predicted octanol–water partition coefficient (Wildman–Crippen LogP) is 5.80. The molecule has 0 saturated heterocycles. The van der Waals surface area contributed by atoms with Crippen molar-refractivity contribution in [3.63, 3.8) is 0 Å². The average molecular weight is 337 g/mol. The van der Waals surface area contributed by atoms with Crippen LogP contribution in [-0.2, 0) is 0 Å². The summed E-state index contributed by atoms with van der Waals surface area (Å²) in [7, 11) is 0. The minimum Gasteiger partial charge on any atom is -0.332 e. The second-order valence-electron chi connectivity index (χ2n) is 5.10. The van der Waals surface area contributed by atoms with Gasteiger partial charge in [0.1, 0.15) is 5.82 Å². The molecule has 1 atom stereocenters. The fraction of sp³-hybridized carbons (Fsp3) is 0.235. The van der Waals surface area contributed by atoms with Gasteiger partial charge >= 0.3 is 0 Å². The van der Waals surface area contributed by atoms with Crippen LogP contribution in [0.15, 0.2) is 42.5 Å². The molecule has 5 heteroatoms. The quantitative estimate of drug-likeness (QED) is 0.690. The monoisotopic (exact) mass is 336 g/mol. The summed E-state index contributed by atoms with van der Waals surface area (Å²) in [6.45, 7) is 4.32. The van der Waals surface area contributed by atoms with E-state index < -0.39 is 5.82 Å². The summed E-state index contributed by atoms with van der Waals surface area (Å²) in [4.78, 5) is 0. The molecule has 116 valence electrons. The van der Waals surface area contributed by atoms with Crippen molar-refractivity contribution in [3.05, 3.63) is 58.9 Å². The van der Waals surface area contributed by atoms with Crippen molar-refractivity contribution >= 4 is 40.3 Å². The van der Waals surface area contributed by atoms with Crippen LogP contribution in [0.1, 0.15) is 31.7 Å². The van der Waals surface area contributed by atoms with Crippen LogP contribution < -0.4 is 10.6 Å². The van der Waals surface area contributed by atoms with Crippen molar-refractivity contribution in [1.29, 1.82) is 0 Å². The van der Waals surface area contributed by atoms with Gasteiger partial charge in [-0.05, 0) is 54.4 Å². The first-order valence-corrected chi connectivity index (χ1v) is 7.92. The van der Waals surface area contributed by atoms with Gasteiger partial charge in [0.15, 0.2) is 5.11 Å². The number of rotatable bonds is 4. The first kappa shape index (κ1) is 16.7. The molecule has 22 heavy (non-hydrogen) atoms. The molecule has 2 rings (SSSR count). The SMILES string of the molecule is CCC(C)c1ccccc1NC(=S)Nc1ccc(Cl)c(F)c1. The number of hydrogen-bond donors (Lipinski definition) is 2. The first-order valence-electron chi connectivity index (χ1n) is 7.13. The van der Waals surface area contributed by atoms with Crippen molar-refractivity contribution in [2.75, 3.05) is 10.6 Å². The van der Waals surface area contributed by atoms with E-state index in [1.807, 2.05) is 18.2 Å². The molecule has 1 unspecified atom stereocenters. The van der Waals surface area contributed by atoms with E-state index >= 15 is 0 Å². The Morgan fingerprint density at radius 3 is 2.64 bits per heavy atom. The van der Waals surface area contributed by atoms with E-state index in [1.165, 1.54) is 17.7 Å². The number of para-hydroxylation sites is 1. The molecule has 0 bridgehead atoms. The van der Waals surface area contributed by atoms with Crippen molar-refractivity contribution in [3.8, 4) is 0 Å². The summed E-state index contributed by atoms with van der Waals surface area (Å²) in [6, 6.07) is 12.5. The lowest BCUT2D eigenvalue weighted by Crippen LogP contribution is -2.20. The Hall–Kier alpha value is -1.65. The molecule has 0 aliphatic heterocycles. The van der Waals surface area contributed by atoms with Gasteiger partial charge in [0.2, 0.25) is 0 Å². The summed E-state index contributed by atoms with van der Waals surface area (Å²) >= 11 is 11.0. The van der Waals surface area contributed by atoms with Crippen LogP contribution >= 0.6 is 23.8 Å². The summed E-state index contributed by atoms with van der Waals surface area (Å²) in [5, 5.41) is 6.64. The highest BCUT2D eigenvalue weighted by atomic mass is 35.5. The van der Waals surface area contributed by atoms with Crippen molar-refractivity contribution in [1.82, 2.24) is 0 Å². The predicted molar refractivity (Wildman–Crippen MR) is 96.4 cm³/mol. The largest absolute Gasteiger partial charge is 0.332 e. The van der Waals surface area contributed by atoms with Gasteiger partial charge in [0.25, 0.3) is 0 Å². The zero-order chi connectivity index (χ0) is 16.1. The Morgan fingerprint density at radius 2 is 1.95 bits per heavy atom. The molecule has 0 spiro atoms. The molecule has 0 aliphatic rings. The van der Waals surface area contributed by atoms with E-state index in [9.17, 15) is 4.39 Å². The second kappa shape index (κ2) is 7.56. The Morgan fingerprint density at radius 1 is 1.23 bits per heavy atom. The summed E-state index contributed by atoms with van der Waals surface area (Å²) in [5.41, 5.74) is 2.72. The van der Waals surface area contributed by atoms with Crippen LogP contribution in [0.4, 0.5) is 15.8 Å². The number of halogens is 2. The Bertz CT molecular complexity index is 675. The lowest BCUT2D eigenvalue weighted by atomic mass is 9.97. The number of benzene rings is 2. The molecule has 0 radical (unpaired) electrons. The van der Waals surface area contributed by atoms with Crippen LogP contribution in [0.25, 0.3) is 0 Å². The molecule has 0 heterocycles. The third-order valence-corrected chi connectivity index (χ3v) is 4.04. The zero-order valence-corrected chi connectivity index (χ0v) is 14.1. The maximum atomic E-state index is 13.4. The van der Waals surface area contributed by atoms with Crippen LogP contribution in [0.2, 0.25) is 5.02 Å². The number of hydrogen-bond acceptors (Lipinski definition) is 1. The van der Waals surface area contributed by atoms with E-state index in [4.69, 9.17) is 23.8 Å². The summed E-state index contributed by atoms with van der Waals surface area (Å²) < 4.78 is 13.4. The van der Waals surface area contributed by atoms with Gasteiger partial charge in [-0.3, -0.25) is 0 Å². The van der Waals surface area contributed by atoms with E-state index in [-0.39, 0.29) is 5.02 Å². The molecule has 0 saturated carbocycles. The van der Waals surface area contributed by atoms with Crippen LogP contribution in [-0.4, -0.2) is 5.11 Å². The van der Waals surface area contributed by atoms with Crippen molar-refractivity contribution < 1.29 is 4.39 Å². The van der Waals surface area contributed by atoms with E-state index in [1.54, 1.807) is 6.07 Å². The Balaban J connectivity index is 2.10. The Labute approximate surface area is 140 Å². The molecule has 0 amide bonds. The topological polar surface area (TPSA) is 24.1 Å². The molecule has 0 aromatic heterocycles. The molecule has 0 fully saturated rings. The molecule has 2 aromatic carbocycles. The van der Waals surface area contributed by atoms with E-state index in [2.05, 4.69) is 30.5 Å². The van der Waals surface area contributed by atoms with Crippen molar-refractivity contribution in [2.45, 2.75) is 26.2 Å². The highest BCUT2D eigenvalue weighted by Gasteiger charge is 2.10. The maximum Gasteiger partial charge on any atom is 0.175 e. The van der Waals surface area contributed by atoms with Crippen molar-refractivity contribution in [2.24, 2.45) is 0 Å². The minimum atomic E-state index is -0.477. The highest BCUT2D eigenvalue weighted by Crippen LogP contribution is 2.26. The van der Waals surface area contributed by atoms with Gasteiger partial charge < -0.3 is 10.6 Å². The highest BCUT2D eigenvalue weighted by molar-refractivity contribution is 7.80. The van der Waals surface area contributed by atoms with Gasteiger partial charge in [-0.1, -0.05) is 43.6 Å². The fourth-order valence-electron chi connectivity index (χ4n) is 2.12. The molecular weight excluding hydrogens is 319 g/mol.